The van der Waals surface area contributed by atoms with Crippen molar-refractivity contribution >= 4 is 12.0 Å². The minimum atomic E-state index is -0.224. The number of nitrogens with zero attached hydrogens (tertiary/aromatic N) is 3. The van der Waals surface area contributed by atoms with Crippen molar-refractivity contribution in [2.45, 2.75) is 45.6 Å². The maximum absolute atomic E-state index is 12.5. The number of aromatic nitrogens is 1. The van der Waals surface area contributed by atoms with Crippen LogP contribution in [0.1, 0.15) is 49.9 Å². The van der Waals surface area contributed by atoms with Gasteiger partial charge in [0.25, 0.3) is 5.91 Å². The van der Waals surface area contributed by atoms with Crippen LogP contribution in [0.15, 0.2) is 42.6 Å². The third-order valence-corrected chi connectivity index (χ3v) is 6.25. The van der Waals surface area contributed by atoms with E-state index >= 15 is 0 Å². The van der Waals surface area contributed by atoms with Gasteiger partial charge in [-0.2, -0.15) is 0 Å². The van der Waals surface area contributed by atoms with Crippen molar-refractivity contribution in [2.75, 3.05) is 32.8 Å². The van der Waals surface area contributed by atoms with Gasteiger partial charge in [0.1, 0.15) is 5.75 Å². The normalized spacial score (nSPS) is 16.8. The molecule has 2 aliphatic rings. The van der Waals surface area contributed by atoms with Crippen LogP contribution in [-0.4, -0.2) is 65.7 Å². The smallest absolute Gasteiger partial charge is 0.410 e. The summed E-state index contributed by atoms with van der Waals surface area (Å²) in [5.41, 5.74) is 2.55. The Kier molecular flexibility index (Phi) is 7.47. The lowest BCUT2D eigenvalue weighted by Gasteiger charge is -2.31. The second-order valence-electron chi connectivity index (χ2n) is 9.13. The molecule has 176 valence electrons. The Morgan fingerprint density at radius 3 is 2.27 bits per heavy atom. The first-order valence-electron chi connectivity index (χ1n) is 11.9. The molecule has 0 spiro atoms. The summed E-state index contributed by atoms with van der Waals surface area (Å²) < 4.78 is 11.2. The first-order chi connectivity index (χ1) is 16.0. The molecule has 2 saturated heterocycles. The Balaban J connectivity index is 1.25. The van der Waals surface area contributed by atoms with Gasteiger partial charge in [0.2, 0.25) is 0 Å². The Hall–Kier alpha value is -3.09. The largest absolute Gasteiger partial charge is 0.492 e. The molecular formula is C26H33N3O4. The fourth-order valence-corrected chi connectivity index (χ4v) is 4.30. The maximum atomic E-state index is 12.5. The molecule has 7 heteroatoms. The van der Waals surface area contributed by atoms with Crippen molar-refractivity contribution in [2.24, 2.45) is 5.92 Å². The number of benzene rings is 1. The van der Waals surface area contributed by atoms with Gasteiger partial charge in [0, 0.05) is 37.3 Å². The Bertz CT molecular complexity index is 929. The number of carbonyl (C=O) groups is 2. The zero-order chi connectivity index (χ0) is 23.2. The molecule has 0 unspecified atom stereocenters. The van der Waals surface area contributed by atoms with Crippen molar-refractivity contribution in [1.29, 1.82) is 0 Å². The van der Waals surface area contributed by atoms with E-state index in [2.05, 4.69) is 4.98 Å². The fraction of sp³-hybridized carbons (Fsp3) is 0.500. The molecule has 0 saturated carbocycles. The number of likely N-dealkylation sites (tertiary alicyclic amines) is 2. The monoisotopic (exact) mass is 451 g/mol. The van der Waals surface area contributed by atoms with Crippen molar-refractivity contribution in [1.82, 2.24) is 14.8 Å². The maximum Gasteiger partial charge on any atom is 0.410 e. The van der Waals surface area contributed by atoms with Crippen molar-refractivity contribution < 1.29 is 19.1 Å². The number of amides is 2. The number of hydrogen-bond donors (Lipinski definition) is 0. The Morgan fingerprint density at radius 2 is 1.67 bits per heavy atom. The number of rotatable bonds is 6. The van der Waals surface area contributed by atoms with Gasteiger partial charge in [-0.25, -0.2) is 4.79 Å². The lowest BCUT2D eigenvalue weighted by atomic mass is 9.98. The topological polar surface area (TPSA) is 72.0 Å². The van der Waals surface area contributed by atoms with E-state index in [1.165, 1.54) is 0 Å². The van der Waals surface area contributed by atoms with E-state index < -0.39 is 0 Å². The number of ether oxygens (including phenoxy) is 2. The lowest BCUT2D eigenvalue weighted by Crippen LogP contribution is -2.40. The first-order valence-corrected chi connectivity index (χ1v) is 11.9. The highest BCUT2D eigenvalue weighted by atomic mass is 16.6. The average molecular weight is 452 g/mol. The number of hydrogen-bond acceptors (Lipinski definition) is 5. The standard InChI is InChI=1S/C26H33N3O4/c1-19(2)33-26(31)29-15-11-20(12-16-29)18-32-23-9-10-24(27-17-23)21-5-7-22(8-6-21)25(30)28-13-3-4-14-28/h5-10,17,19-20H,3-4,11-16,18H2,1-2H3. The lowest BCUT2D eigenvalue weighted by molar-refractivity contribution is 0.0608. The molecule has 7 nitrogen and oxygen atoms in total. The summed E-state index contributed by atoms with van der Waals surface area (Å²) >= 11 is 0. The molecule has 2 aromatic rings. The highest BCUT2D eigenvalue weighted by Crippen LogP contribution is 2.23. The quantitative estimate of drug-likeness (QED) is 0.641. The summed E-state index contributed by atoms with van der Waals surface area (Å²) in [6.45, 7) is 7.45. The van der Waals surface area contributed by atoms with Gasteiger partial charge in [-0.15, -0.1) is 0 Å². The van der Waals surface area contributed by atoms with E-state index in [1.54, 1.807) is 11.1 Å². The van der Waals surface area contributed by atoms with Crippen LogP contribution >= 0.6 is 0 Å². The van der Waals surface area contributed by atoms with Gasteiger partial charge in [0.05, 0.1) is 24.6 Å². The summed E-state index contributed by atoms with van der Waals surface area (Å²) in [5, 5.41) is 0. The molecule has 2 fully saturated rings. The second-order valence-corrected chi connectivity index (χ2v) is 9.13. The Labute approximate surface area is 195 Å². The van der Waals surface area contributed by atoms with E-state index in [0.29, 0.717) is 25.6 Å². The molecule has 4 rings (SSSR count). The molecule has 0 bridgehead atoms. The summed E-state index contributed by atoms with van der Waals surface area (Å²) in [5.74, 6) is 1.26. The number of pyridine rings is 1. The molecule has 0 radical (unpaired) electrons. The number of carbonyl (C=O) groups excluding carboxylic acids is 2. The van der Waals surface area contributed by atoms with Gasteiger partial charge in [-0.3, -0.25) is 9.78 Å². The SMILES string of the molecule is CC(C)OC(=O)N1CCC(COc2ccc(-c3ccc(C(=O)N4CCCC4)cc3)nc2)CC1. The zero-order valence-corrected chi connectivity index (χ0v) is 19.5. The van der Waals surface area contributed by atoms with Gasteiger partial charge in [-0.1, -0.05) is 12.1 Å². The number of piperidine rings is 1. The minimum absolute atomic E-state index is 0.0932. The van der Waals surface area contributed by atoms with Gasteiger partial charge in [-0.05, 0) is 69.7 Å². The molecule has 0 N–H and O–H groups in total. The Morgan fingerprint density at radius 1 is 0.970 bits per heavy atom. The van der Waals surface area contributed by atoms with Crippen LogP contribution in [0, 0.1) is 5.92 Å². The van der Waals surface area contributed by atoms with Gasteiger partial charge >= 0.3 is 6.09 Å². The first kappa shape index (κ1) is 23.1. The van der Waals surface area contributed by atoms with Crippen LogP contribution in [0.4, 0.5) is 4.79 Å². The third-order valence-electron chi connectivity index (χ3n) is 6.25. The van der Waals surface area contributed by atoms with Crippen molar-refractivity contribution in [3.05, 3.63) is 48.2 Å². The highest BCUT2D eigenvalue weighted by Gasteiger charge is 2.25. The van der Waals surface area contributed by atoms with Gasteiger partial charge < -0.3 is 19.3 Å². The molecule has 0 atom stereocenters. The summed E-state index contributed by atoms with van der Waals surface area (Å²) in [4.78, 5) is 32.7. The molecule has 2 amide bonds. The van der Waals surface area contributed by atoms with Crippen LogP contribution < -0.4 is 4.74 Å². The predicted molar refractivity (Wildman–Crippen MR) is 126 cm³/mol. The molecule has 0 aliphatic carbocycles. The van der Waals surface area contributed by atoms with Crippen LogP contribution in [0.3, 0.4) is 0 Å². The van der Waals surface area contributed by atoms with Crippen LogP contribution in [0.5, 0.6) is 5.75 Å². The molecule has 33 heavy (non-hydrogen) atoms. The molecule has 1 aromatic carbocycles. The third kappa shape index (κ3) is 6.03. The van der Waals surface area contributed by atoms with Crippen molar-refractivity contribution in [3.63, 3.8) is 0 Å². The summed E-state index contributed by atoms with van der Waals surface area (Å²) in [6.07, 6.45) is 5.42. The fourth-order valence-electron chi connectivity index (χ4n) is 4.30. The van der Waals surface area contributed by atoms with Crippen LogP contribution in [-0.2, 0) is 4.74 Å². The second kappa shape index (κ2) is 10.7. The molecule has 2 aliphatic heterocycles. The minimum Gasteiger partial charge on any atom is -0.492 e. The summed E-state index contributed by atoms with van der Waals surface area (Å²) in [7, 11) is 0. The van der Waals surface area contributed by atoms with Crippen molar-refractivity contribution in [3.8, 4) is 17.0 Å². The van der Waals surface area contributed by atoms with Crippen LogP contribution in [0.25, 0.3) is 11.3 Å². The van der Waals surface area contributed by atoms with E-state index in [1.807, 2.05) is 55.1 Å². The van der Waals surface area contributed by atoms with E-state index in [9.17, 15) is 9.59 Å². The molecular weight excluding hydrogens is 418 g/mol. The molecule has 3 heterocycles. The van der Waals surface area contributed by atoms with Gasteiger partial charge in [0.15, 0.2) is 0 Å². The molecule has 1 aromatic heterocycles. The zero-order valence-electron chi connectivity index (χ0n) is 19.5. The predicted octanol–water partition coefficient (Wildman–Crippen LogP) is 4.62. The summed E-state index contributed by atoms with van der Waals surface area (Å²) in [6, 6.07) is 11.5. The van der Waals surface area contributed by atoms with Crippen LogP contribution in [0.2, 0.25) is 0 Å². The average Bonchev–Trinajstić information content (AvgIpc) is 3.38. The highest BCUT2D eigenvalue weighted by molar-refractivity contribution is 5.94. The van der Waals surface area contributed by atoms with E-state index in [-0.39, 0.29) is 18.1 Å². The van der Waals surface area contributed by atoms with E-state index in [0.717, 1.165) is 61.3 Å². The van der Waals surface area contributed by atoms with E-state index in [4.69, 9.17) is 9.47 Å².